The summed E-state index contributed by atoms with van der Waals surface area (Å²) in [6.07, 6.45) is -6.96. The Hall–Kier alpha value is -2.21. The van der Waals surface area contributed by atoms with Crippen molar-refractivity contribution in [3.05, 3.63) is 35.4 Å². The normalized spacial score (nSPS) is 46.9. The number of ketones is 1. The summed E-state index contributed by atoms with van der Waals surface area (Å²) in [5.41, 5.74) is 2.15. The molecule has 0 amide bonds. The first-order valence-electron chi connectivity index (χ1n) is 19.9. The van der Waals surface area contributed by atoms with Gasteiger partial charge in [0.25, 0.3) is 0 Å². The number of allylic oxidation sites excluding steroid dienone is 1. The van der Waals surface area contributed by atoms with Crippen LogP contribution >= 0.6 is 0 Å². The summed E-state index contributed by atoms with van der Waals surface area (Å²) < 4.78 is 34.9. The van der Waals surface area contributed by atoms with E-state index in [1.807, 2.05) is 18.2 Å². The molecule has 9 unspecified atom stereocenters. The van der Waals surface area contributed by atoms with Crippen molar-refractivity contribution in [2.24, 2.45) is 34.5 Å². The Kier molecular flexibility index (Phi) is 11.8. The second-order valence-electron chi connectivity index (χ2n) is 17.3. The number of Topliss-reactive ketones (excluding diaryl/α,β-unsaturated/α-hetero) is 1. The first-order valence-corrected chi connectivity index (χ1v) is 19.9. The van der Waals surface area contributed by atoms with Gasteiger partial charge in [-0.2, -0.15) is 0 Å². The van der Waals surface area contributed by atoms with Crippen molar-refractivity contribution in [1.82, 2.24) is 0 Å². The SMILES string of the molecule is COc1ccc(OC)c(C2CC3C4CC=C5CC(OC6O[C@H](CO)[C@@H](O[C@@H]7O[C@H](CO)[C@@H](O)[C@H](O)[C@H]7O)[C@H](O)[C@H]6O)CCC5(C)C4CCC3(C)C2C(C)=O)c1. The van der Waals surface area contributed by atoms with Gasteiger partial charge in [0.2, 0.25) is 0 Å². The number of hydrogen-bond donors (Lipinski definition) is 7. The minimum absolute atomic E-state index is 0.0286. The standard InChI is InChI=1S/C41H60O14/c1-19(44)31-25(24-15-21(50-4)7-9-28(24)51-5)16-27-23-8-6-20-14-22(10-12-40(20,2)26(23)11-13-41(27,31)3)52-38-36(49)34(47)37(30(18-43)54-38)55-39-35(48)33(46)32(45)29(17-42)53-39/h6-7,9,15,22-23,25-27,29-39,42-43,45-49H,8,10-14,16-18H2,1-5H3/t22?,23?,25?,26?,27?,29-,30-,31?,32-,33+,34-,35-,36-,37-,38?,39+,40?,41?/m1/s1. The number of fused-ring (bicyclic) bond motifs is 5. The van der Waals surface area contributed by atoms with Crippen molar-refractivity contribution < 1.29 is 69.0 Å². The van der Waals surface area contributed by atoms with E-state index in [0.29, 0.717) is 30.6 Å². The Morgan fingerprint density at radius 2 is 1.53 bits per heavy atom. The summed E-state index contributed by atoms with van der Waals surface area (Å²) in [7, 11) is 3.33. The molecule has 1 aromatic carbocycles. The van der Waals surface area contributed by atoms with Crippen LogP contribution in [-0.2, 0) is 23.7 Å². The fourth-order valence-corrected chi connectivity index (χ4v) is 11.8. The van der Waals surface area contributed by atoms with Gasteiger partial charge in [-0.3, -0.25) is 4.79 Å². The molecule has 14 nitrogen and oxygen atoms in total. The number of carbonyl (C=O) groups is 1. The molecule has 308 valence electrons. The van der Waals surface area contributed by atoms with Crippen LogP contribution in [-0.4, -0.2) is 136 Å². The van der Waals surface area contributed by atoms with Gasteiger partial charge in [0.1, 0.15) is 66.1 Å². The summed E-state index contributed by atoms with van der Waals surface area (Å²) >= 11 is 0. The third kappa shape index (κ3) is 6.96. The van der Waals surface area contributed by atoms with E-state index >= 15 is 0 Å². The number of methoxy groups -OCH3 is 2. The molecule has 18 atom stereocenters. The number of carbonyl (C=O) groups excluding carboxylic acids is 1. The Morgan fingerprint density at radius 3 is 2.20 bits per heavy atom. The van der Waals surface area contributed by atoms with E-state index in [4.69, 9.17) is 28.4 Å². The molecule has 2 aliphatic heterocycles. The molecule has 0 bridgehead atoms. The highest BCUT2D eigenvalue weighted by molar-refractivity contribution is 5.81. The maximum absolute atomic E-state index is 13.5. The molecule has 6 aliphatic rings. The number of aliphatic hydroxyl groups excluding tert-OH is 7. The van der Waals surface area contributed by atoms with Crippen molar-refractivity contribution in [2.75, 3.05) is 27.4 Å². The fraction of sp³-hybridized carbons (Fsp3) is 0.780. The van der Waals surface area contributed by atoms with Gasteiger partial charge >= 0.3 is 0 Å². The lowest BCUT2D eigenvalue weighted by Gasteiger charge is -2.58. The van der Waals surface area contributed by atoms with E-state index < -0.39 is 74.6 Å². The molecule has 4 aliphatic carbocycles. The van der Waals surface area contributed by atoms with Crippen LogP contribution in [0.25, 0.3) is 0 Å². The van der Waals surface area contributed by atoms with Crippen molar-refractivity contribution in [2.45, 2.75) is 139 Å². The van der Waals surface area contributed by atoms with Crippen molar-refractivity contribution in [1.29, 1.82) is 0 Å². The van der Waals surface area contributed by atoms with Crippen LogP contribution in [0.2, 0.25) is 0 Å². The average Bonchev–Trinajstić information content (AvgIpc) is 3.50. The minimum atomic E-state index is -1.74. The molecule has 2 heterocycles. The van der Waals surface area contributed by atoms with Gasteiger partial charge in [0, 0.05) is 11.5 Å². The second kappa shape index (κ2) is 15.9. The van der Waals surface area contributed by atoms with Gasteiger partial charge in [-0.05, 0) is 105 Å². The lowest BCUT2D eigenvalue weighted by atomic mass is 9.47. The van der Waals surface area contributed by atoms with Crippen LogP contribution in [0.3, 0.4) is 0 Å². The number of ether oxygens (including phenoxy) is 6. The molecule has 7 rings (SSSR count). The Morgan fingerprint density at radius 1 is 0.836 bits per heavy atom. The lowest BCUT2D eigenvalue weighted by molar-refractivity contribution is -0.363. The first-order chi connectivity index (χ1) is 26.2. The molecule has 5 fully saturated rings. The topological polar surface area (TPSA) is 214 Å². The van der Waals surface area contributed by atoms with E-state index in [9.17, 15) is 40.5 Å². The Balaban J connectivity index is 1.04. The lowest BCUT2D eigenvalue weighted by Crippen LogP contribution is -2.65. The van der Waals surface area contributed by atoms with Gasteiger partial charge in [0.15, 0.2) is 12.6 Å². The fourth-order valence-electron chi connectivity index (χ4n) is 11.8. The van der Waals surface area contributed by atoms with E-state index in [1.54, 1.807) is 21.1 Å². The maximum Gasteiger partial charge on any atom is 0.187 e. The molecule has 7 N–H and O–H groups in total. The predicted molar refractivity (Wildman–Crippen MR) is 195 cm³/mol. The van der Waals surface area contributed by atoms with Gasteiger partial charge in [-0.1, -0.05) is 25.5 Å². The van der Waals surface area contributed by atoms with Crippen LogP contribution < -0.4 is 9.47 Å². The van der Waals surface area contributed by atoms with Crippen LogP contribution in [0.1, 0.15) is 77.2 Å². The summed E-state index contributed by atoms with van der Waals surface area (Å²) in [4.78, 5) is 13.5. The highest BCUT2D eigenvalue weighted by Crippen LogP contribution is 2.69. The van der Waals surface area contributed by atoms with E-state index in [-0.39, 0.29) is 34.6 Å². The third-order valence-electron chi connectivity index (χ3n) is 14.7. The van der Waals surface area contributed by atoms with Gasteiger partial charge in [-0.15, -0.1) is 0 Å². The minimum Gasteiger partial charge on any atom is -0.497 e. The Bertz CT molecular complexity index is 1570. The molecular weight excluding hydrogens is 716 g/mol. The predicted octanol–water partition coefficient (Wildman–Crippen LogP) is 1.57. The van der Waals surface area contributed by atoms with Crippen molar-refractivity contribution in [3.63, 3.8) is 0 Å². The first kappa shape index (κ1) is 41.0. The number of hydrogen-bond acceptors (Lipinski definition) is 14. The zero-order valence-electron chi connectivity index (χ0n) is 32.4. The van der Waals surface area contributed by atoms with Crippen molar-refractivity contribution >= 4 is 5.78 Å². The third-order valence-corrected chi connectivity index (χ3v) is 14.7. The van der Waals surface area contributed by atoms with E-state index in [1.165, 1.54) is 5.57 Å². The highest BCUT2D eigenvalue weighted by Gasteiger charge is 2.63. The van der Waals surface area contributed by atoms with Crippen LogP contribution in [0.5, 0.6) is 11.5 Å². The molecule has 3 saturated carbocycles. The van der Waals surface area contributed by atoms with Crippen LogP contribution in [0.4, 0.5) is 0 Å². The molecule has 0 aromatic heterocycles. The summed E-state index contributed by atoms with van der Waals surface area (Å²) in [5, 5.41) is 72.9. The number of rotatable bonds is 10. The highest BCUT2D eigenvalue weighted by atomic mass is 16.7. The molecule has 55 heavy (non-hydrogen) atoms. The Labute approximate surface area is 322 Å². The molecule has 0 radical (unpaired) electrons. The molecule has 2 saturated heterocycles. The van der Waals surface area contributed by atoms with E-state index in [2.05, 4.69) is 19.9 Å². The van der Waals surface area contributed by atoms with Crippen LogP contribution in [0, 0.1) is 34.5 Å². The largest absolute Gasteiger partial charge is 0.497 e. The quantitative estimate of drug-likeness (QED) is 0.168. The van der Waals surface area contributed by atoms with Gasteiger partial charge in [-0.25, -0.2) is 0 Å². The number of benzene rings is 1. The molecule has 14 heteroatoms. The maximum atomic E-state index is 13.5. The van der Waals surface area contributed by atoms with Gasteiger partial charge in [0.05, 0.1) is 33.5 Å². The molecular formula is C41H60O14. The zero-order valence-corrected chi connectivity index (χ0v) is 32.4. The number of aliphatic hydroxyl groups is 7. The smallest absolute Gasteiger partial charge is 0.187 e. The zero-order chi connectivity index (χ0) is 39.6. The summed E-state index contributed by atoms with van der Waals surface area (Å²) in [5.74, 6) is 2.87. The van der Waals surface area contributed by atoms with Gasteiger partial charge < -0.3 is 64.2 Å². The molecule has 1 aromatic rings. The monoisotopic (exact) mass is 776 g/mol. The van der Waals surface area contributed by atoms with Crippen LogP contribution in [0.15, 0.2) is 29.8 Å². The summed E-state index contributed by atoms with van der Waals surface area (Å²) in [6.45, 7) is 5.15. The second-order valence-corrected chi connectivity index (χ2v) is 17.3. The van der Waals surface area contributed by atoms with Crippen molar-refractivity contribution in [3.8, 4) is 11.5 Å². The van der Waals surface area contributed by atoms with E-state index in [0.717, 1.165) is 49.2 Å². The molecule has 0 spiro atoms. The average molecular weight is 777 g/mol. The summed E-state index contributed by atoms with van der Waals surface area (Å²) in [6, 6.07) is 5.88.